The van der Waals surface area contributed by atoms with Gasteiger partial charge in [0, 0.05) is 49.2 Å². The molecule has 0 aromatic heterocycles. The zero-order valence-corrected chi connectivity index (χ0v) is 18.7. The minimum Gasteiger partial charge on any atom is -0.315 e. The van der Waals surface area contributed by atoms with Gasteiger partial charge in [0.25, 0.3) is 0 Å². The molecule has 0 unspecified atom stereocenters. The third-order valence-electron chi connectivity index (χ3n) is 2.85. The van der Waals surface area contributed by atoms with Gasteiger partial charge in [-0.1, -0.05) is 0 Å². The minimum atomic E-state index is -1.35. The van der Waals surface area contributed by atoms with Crippen molar-refractivity contribution in [1.29, 1.82) is 0 Å². The quantitative estimate of drug-likeness (QED) is 0.201. The molecule has 3 rings (SSSR count). The average molecular weight is 608 g/mol. The Morgan fingerprint density at radius 2 is 0.833 bits per heavy atom. The average Bonchev–Trinajstić information content (AvgIpc) is 2.67. The fourth-order valence-electron chi connectivity index (χ4n) is 1.61. The van der Waals surface area contributed by atoms with Gasteiger partial charge in [-0.05, 0) is 45.2 Å². The van der Waals surface area contributed by atoms with Crippen LogP contribution in [0.3, 0.4) is 0 Å². The van der Waals surface area contributed by atoms with E-state index in [4.69, 9.17) is 0 Å². The highest BCUT2D eigenvalue weighted by Gasteiger charge is 2.21. The second kappa shape index (κ2) is 13.2. The molecule has 0 saturated carbocycles. The van der Waals surface area contributed by atoms with Gasteiger partial charge in [-0.3, -0.25) is 0 Å². The van der Waals surface area contributed by atoms with Crippen LogP contribution < -0.4 is 10.6 Å². The van der Waals surface area contributed by atoms with Crippen LogP contribution in [0.5, 0.6) is 0 Å². The second-order valence-corrected chi connectivity index (χ2v) is 9.22. The van der Waals surface area contributed by atoms with E-state index in [0.29, 0.717) is 0 Å². The second-order valence-electron chi connectivity index (χ2n) is 4.61. The zero-order chi connectivity index (χ0) is 17.9. The molecule has 0 spiro atoms. The summed E-state index contributed by atoms with van der Waals surface area (Å²) in [4.78, 5) is 0. The molecule has 0 atom stereocenters. The number of hydrogen-bond acceptors (Lipinski definition) is 4. The maximum absolute atomic E-state index is 12.6. The highest BCUT2D eigenvalue weighted by molar-refractivity contribution is 14.1. The van der Waals surface area contributed by atoms with Crippen LogP contribution >= 0.6 is 68.7 Å². The Kier molecular flexibility index (Phi) is 12.7. The maximum atomic E-state index is 12.6. The normalized spacial score (nSPS) is 17.2. The summed E-state index contributed by atoms with van der Waals surface area (Å²) in [5.41, 5.74) is 0. The summed E-state index contributed by atoms with van der Waals surface area (Å²) < 4.78 is 49.2. The highest BCUT2D eigenvalue weighted by Crippen LogP contribution is 2.25. The van der Waals surface area contributed by atoms with E-state index >= 15 is 0 Å². The molecule has 138 valence electrons. The molecule has 2 nitrogen and oxygen atoms in total. The smallest absolute Gasteiger partial charge is 0.176 e. The lowest BCUT2D eigenvalue weighted by Crippen LogP contribution is -2.24. The van der Waals surface area contributed by atoms with Crippen molar-refractivity contribution < 1.29 is 17.6 Å². The summed E-state index contributed by atoms with van der Waals surface area (Å²) in [7, 11) is 0. The van der Waals surface area contributed by atoms with E-state index < -0.39 is 30.4 Å². The molecule has 0 aliphatic carbocycles. The van der Waals surface area contributed by atoms with Crippen molar-refractivity contribution in [3.8, 4) is 0 Å². The van der Waals surface area contributed by atoms with E-state index in [1.165, 1.54) is 94.4 Å². The van der Waals surface area contributed by atoms with Crippen LogP contribution in [0.15, 0.2) is 0 Å². The summed E-state index contributed by atoms with van der Waals surface area (Å²) in [5.74, 6) is -0.171. The van der Waals surface area contributed by atoms with Gasteiger partial charge in [-0.15, -0.1) is 0 Å². The molecule has 2 heterocycles. The van der Waals surface area contributed by atoms with E-state index in [9.17, 15) is 17.6 Å². The summed E-state index contributed by atoms with van der Waals surface area (Å²) in [5, 5.41) is 6.53. The fraction of sp³-hybridized carbons (Fsp3) is 0.571. The van der Waals surface area contributed by atoms with Crippen molar-refractivity contribution in [2.45, 2.75) is 0 Å². The first-order chi connectivity index (χ1) is 11.5. The third-order valence-corrected chi connectivity index (χ3v) is 6.71. The highest BCUT2D eigenvalue weighted by atomic mass is 127. The van der Waals surface area contributed by atoms with Crippen molar-refractivity contribution in [2.75, 3.05) is 49.2 Å². The van der Waals surface area contributed by atoms with Crippen molar-refractivity contribution >= 4 is 68.7 Å². The Bertz CT molecular complexity index is 376. The van der Waals surface area contributed by atoms with Crippen LogP contribution in [-0.4, -0.2) is 49.2 Å². The molecular formula is C14H18F4I2N2S2. The van der Waals surface area contributed by atoms with Crippen LogP contribution in [0, 0.1) is 30.4 Å². The number of hydrogen-bond donors (Lipinski definition) is 2. The van der Waals surface area contributed by atoms with E-state index in [-0.39, 0.29) is 0 Å². The number of benzene rings is 1. The molecule has 2 saturated heterocycles. The van der Waals surface area contributed by atoms with Gasteiger partial charge in [0.15, 0.2) is 23.3 Å². The standard InChI is InChI=1S/C6F4I2.2C4H9NS/c7-1-2(8)6(12)4(10)3(9)5(1)11;2*1-3-6-4-2-5-1/h;2*5H,1-4H2. The van der Waals surface area contributed by atoms with Crippen molar-refractivity contribution in [3.05, 3.63) is 30.4 Å². The monoisotopic (exact) mass is 608 g/mol. The van der Waals surface area contributed by atoms with Crippen LogP contribution in [-0.2, 0) is 0 Å². The zero-order valence-electron chi connectivity index (χ0n) is 12.7. The predicted octanol–water partition coefficient (Wildman–Crippen LogP) is 4.10. The number of thioether (sulfide) groups is 2. The molecule has 24 heavy (non-hydrogen) atoms. The largest absolute Gasteiger partial charge is 0.315 e. The topological polar surface area (TPSA) is 24.1 Å². The molecule has 0 radical (unpaired) electrons. The van der Waals surface area contributed by atoms with Crippen molar-refractivity contribution in [1.82, 2.24) is 10.6 Å². The summed E-state index contributed by atoms with van der Waals surface area (Å²) in [6, 6.07) is 0. The Morgan fingerprint density at radius 1 is 0.583 bits per heavy atom. The van der Waals surface area contributed by atoms with Crippen molar-refractivity contribution in [3.63, 3.8) is 0 Å². The maximum Gasteiger partial charge on any atom is 0.176 e. The first kappa shape index (κ1) is 23.1. The molecule has 1 aromatic rings. The van der Waals surface area contributed by atoms with E-state index in [2.05, 4.69) is 10.6 Å². The Morgan fingerprint density at radius 3 is 0.958 bits per heavy atom. The third kappa shape index (κ3) is 8.14. The summed E-state index contributed by atoms with van der Waals surface area (Å²) in [6.07, 6.45) is 0. The number of halogens is 6. The molecule has 2 aliphatic rings. The summed E-state index contributed by atoms with van der Waals surface area (Å²) in [6.45, 7) is 4.85. The van der Waals surface area contributed by atoms with E-state index in [1.807, 2.05) is 23.5 Å². The van der Waals surface area contributed by atoms with Gasteiger partial charge in [0.1, 0.15) is 0 Å². The van der Waals surface area contributed by atoms with Gasteiger partial charge in [-0.25, -0.2) is 17.6 Å². The molecule has 10 heteroatoms. The van der Waals surface area contributed by atoms with Crippen LogP contribution in [0.1, 0.15) is 0 Å². The van der Waals surface area contributed by atoms with Gasteiger partial charge in [0.05, 0.1) is 7.14 Å². The fourth-order valence-corrected chi connectivity index (χ4v) is 4.12. The Balaban J connectivity index is 0.000000200. The lowest BCUT2D eigenvalue weighted by Gasteiger charge is -2.08. The minimum absolute atomic E-state index is 0.664. The van der Waals surface area contributed by atoms with Gasteiger partial charge >= 0.3 is 0 Å². The van der Waals surface area contributed by atoms with E-state index in [0.717, 1.165) is 0 Å². The molecule has 2 fully saturated rings. The molecule has 0 bridgehead atoms. The van der Waals surface area contributed by atoms with Crippen LogP contribution in [0.2, 0.25) is 0 Å². The molecule has 1 aromatic carbocycles. The lowest BCUT2D eigenvalue weighted by molar-refractivity contribution is 0.437. The molecule has 2 aliphatic heterocycles. The number of nitrogens with one attached hydrogen (secondary N) is 2. The van der Waals surface area contributed by atoms with Crippen LogP contribution in [0.4, 0.5) is 17.6 Å². The van der Waals surface area contributed by atoms with E-state index in [1.54, 1.807) is 0 Å². The van der Waals surface area contributed by atoms with Gasteiger partial charge in [-0.2, -0.15) is 23.5 Å². The Labute approximate surface area is 175 Å². The van der Waals surface area contributed by atoms with Crippen molar-refractivity contribution in [2.24, 2.45) is 0 Å². The Hall–Kier alpha value is 1.02. The summed E-state index contributed by atoms with van der Waals surface area (Å²) >= 11 is 6.47. The SMILES string of the molecule is C1CSCCN1.C1CSCCN1.Fc1c(F)c(I)c(F)c(F)c1I. The first-order valence-corrected chi connectivity index (χ1v) is 11.7. The lowest BCUT2D eigenvalue weighted by atomic mass is 10.3. The van der Waals surface area contributed by atoms with Crippen LogP contribution in [0.25, 0.3) is 0 Å². The first-order valence-electron chi connectivity index (χ1n) is 7.20. The molecular weight excluding hydrogens is 590 g/mol. The number of rotatable bonds is 0. The molecule has 0 amide bonds. The molecule has 2 N–H and O–H groups in total. The predicted molar refractivity (Wildman–Crippen MR) is 112 cm³/mol. The van der Waals surface area contributed by atoms with Gasteiger partial charge in [0.2, 0.25) is 0 Å². The van der Waals surface area contributed by atoms with Gasteiger partial charge < -0.3 is 10.6 Å².